The van der Waals surface area contributed by atoms with Crippen LogP contribution >= 0.6 is 34.8 Å². The van der Waals surface area contributed by atoms with E-state index < -0.39 is 45.2 Å². The molecular formula is C17H9Cl3F7NO. The molecule has 0 atom stereocenters. The first-order valence-corrected chi connectivity index (χ1v) is 8.62. The molecule has 0 aliphatic heterocycles. The van der Waals surface area contributed by atoms with Gasteiger partial charge in [-0.3, -0.25) is 4.79 Å². The molecule has 2 nitrogen and oxygen atoms in total. The second-order valence-electron chi connectivity index (χ2n) is 5.89. The average Bonchev–Trinajstić information content (AvgIpc) is 2.57. The second kappa shape index (κ2) is 7.85. The van der Waals surface area contributed by atoms with Crippen LogP contribution in [0.2, 0.25) is 15.1 Å². The second-order valence-corrected chi connectivity index (χ2v) is 7.11. The Morgan fingerprint density at radius 3 is 1.72 bits per heavy atom. The van der Waals surface area contributed by atoms with Crippen molar-refractivity contribution in [2.75, 3.05) is 5.32 Å². The van der Waals surface area contributed by atoms with Crippen LogP contribution < -0.4 is 5.32 Å². The van der Waals surface area contributed by atoms with E-state index >= 15 is 0 Å². The number of carbonyl (C=O) groups is 1. The summed E-state index contributed by atoms with van der Waals surface area (Å²) < 4.78 is 91.5. The topological polar surface area (TPSA) is 29.1 Å². The lowest BCUT2D eigenvalue weighted by molar-refractivity contribution is -0.348. The molecule has 2 aromatic carbocycles. The quantitative estimate of drug-likeness (QED) is 0.451. The summed E-state index contributed by atoms with van der Waals surface area (Å²) in [5.41, 5.74) is -7.40. The molecule has 1 amide bonds. The Labute approximate surface area is 174 Å². The summed E-state index contributed by atoms with van der Waals surface area (Å²) in [4.78, 5) is 12.3. The molecule has 0 spiro atoms. The molecule has 1 N–H and O–H groups in total. The molecule has 12 heteroatoms. The van der Waals surface area contributed by atoms with Crippen LogP contribution in [0.5, 0.6) is 0 Å². The summed E-state index contributed by atoms with van der Waals surface area (Å²) in [6.07, 6.45) is -12.7. The van der Waals surface area contributed by atoms with Gasteiger partial charge in [0.05, 0.1) is 15.7 Å². The summed E-state index contributed by atoms with van der Waals surface area (Å²) >= 11 is 17.3. The minimum Gasteiger partial charge on any atom is -0.319 e. The molecular weight excluding hydrogens is 474 g/mol. The van der Waals surface area contributed by atoms with E-state index in [1.807, 2.05) is 0 Å². The number of benzene rings is 2. The zero-order valence-electron chi connectivity index (χ0n) is 14.1. The molecule has 29 heavy (non-hydrogen) atoms. The van der Waals surface area contributed by atoms with Crippen LogP contribution in [-0.2, 0) is 5.67 Å². The van der Waals surface area contributed by atoms with Crippen LogP contribution in [0.15, 0.2) is 30.3 Å². The summed E-state index contributed by atoms with van der Waals surface area (Å²) in [5, 5.41) is 0.741. The normalized spacial score (nSPS) is 12.8. The van der Waals surface area contributed by atoms with E-state index in [0.717, 1.165) is 0 Å². The van der Waals surface area contributed by atoms with Gasteiger partial charge in [0.15, 0.2) is 0 Å². The van der Waals surface area contributed by atoms with Gasteiger partial charge in [0, 0.05) is 16.1 Å². The van der Waals surface area contributed by atoms with Crippen LogP contribution in [0.4, 0.5) is 36.4 Å². The Hall–Kier alpha value is -1.71. The van der Waals surface area contributed by atoms with Crippen LogP contribution in [-0.4, -0.2) is 18.3 Å². The van der Waals surface area contributed by atoms with Crippen molar-refractivity contribution >= 4 is 46.4 Å². The number of hydrogen-bond donors (Lipinski definition) is 1. The predicted molar refractivity (Wildman–Crippen MR) is 95.5 cm³/mol. The minimum absolute atomic E-state index is 0.0160. The third kappa shape index (κ3) is 4.41. The smallest absolute Gasteiger partial charge is 0.319 e. The number of amides is 1. The van der Waals surface area contributed by atoms with E-state index in [4.69, 9.17) is 34.8 Å². The Bertz CT molecular complexity index is 920. The molecule has 0 radical (unpaired) electrons. The Balaban J connectivity index is 2.48. The van der Waals surface area contributed by atoms with Gasteiger partial charge in [0.25, 0.3) is 5.91 Å². The molecule has 0 aromatic heterocycles. The maximum absolute atomic E-state index is 14.2. The predicted octanol–water partition coefficient (Wildman–Crippen LogP) is 7.50. The number of hydrogen-bond acceptors (Lipinski definition) is 1. The van der Waals surface area contributed by atoms with Gasteiger partial charge in [0.2, 0.25) is 0 Å². The fourth-order valence-corrected chi connectivity index (χ4v) is 3.06. The van der Waals surface area contributed by atoms with Crippen molar-refractivity contribution < 1.29 is 35.5 Å². The number of nitrogens with one attached hydrogen (secondary N) is 1. The summed E-state index contributed by atoms with van der Waals surface area (Å²) in [6, 6.07) is 4.36. The molecule has 0 bridgehead atoms. The first kappa shape index (κ1) is 23.6. The summed E-state index contributed by atoms with van der Waals surface area (Å²) in [7, 11) is 0. The van der Waals surface area contributed by atoms with Crippen molar-refractivity contribution in [3.63, 3.8) is 0 Å². The zero-order valence-corrected chi connectivity index (χ0v) is 16.3. The van der Waals surface area contributed by atoms with Gasteiger partial charge >= 0.3 is 18.0 Å². The SMILES string of the molecule is Cc1ccc(C(=O)Nc2c(Cl)cc(C(F)(C(F)(F)F)C(F)(F)F)cc2Cl)cc1Cl. The van der Waals surface area contributed by atoms with Crippen LogP contribution in [0.3, 0.4) is 0 Å². The molecule has 0 saturated carbocycles. The van der Waals surface area contributed by atoms with Crippen molar-refractivity contribution in [2.24, 2.45) is 0 Å². The van der Waals surface area contributed by atoms with E-state index in [1.165, 1.54) is 18.2 Å². The Morgan fingerprint density at radius 1 is 0.828 bits per heavy atom. The van der Waals surface area contributed by atoms with Gasteiger partial charge in [-0.15, -0.1) is 0 Å². The molecule has 158 valence electrons. The maximum atomic E-state index is 14.2. The number of aryl methyl sites for hydroxylation is 1. The van der Waals surface area contributed by atoms with E-state index in [2.05, 4.69) is 5.32 Å². The Morgan fingerprint density at radius 2 is 1.31 bits per heavy atom. The summed E-state index contributed by atoms with van der Waals surface area (Å²) in [6.45, 7) is 1.67. The van der Waals surface area contributed by atoms with Crippen molar-refractivity contribution in [1.82, 2.24) is 0 Å². The molecule has 0 unspecified atom stereocenters. The largest absolute Gasteiger partial charge is 0.435 e. The lowest BCUT2D eigenvalue weighted by atomic mass is 9.94. The van der Waals surface area contributed by atoms with Crippen molar-refractivity contribution in [1.29, 1.82) is 0 Å². The first-order chi connectivity index (χ1) is 13.1. The van der Waals surface area contributed by atoms with E-state index in [1.54, 1.807) is 6.92 Å². The highest BCUT2D eigenvalue weighted by Gasteiger charge is 2.73. The fraction of sp³-hybridized carbons (Fsp3) is 0.235. The highest BCUT2D eigenvalue weighted by molar-refractivity contribution is 6.40. The molecule has 0 heterocycles. The van der Waals surface area contributed by atoms with Crippen molar-refractivity contribution in [2.45, 2.75) is 24.9 Å². The van der Waals surface area contributed by atoms with Crippen LogP contribution in [0.25, 0.3) is 0 Å². The van der Waals surface area contributed by atoms with E-state index in [0.29, 0.717) is 5.56 Å². The number of carbonyl (C=O) groups excluding carboxylic acids is 1. The zero-order chi connectivity index (χ0) is 22.4. The number of rotatable bonds is 3. The summed E-state index contributed by atoms with van der Waals surface area (Å²) in [5.74, 6) is -0.846. The van der Waals surface area contributed by atoms with Crippen molar-refractivity contribution in [3.05, 3.63) is 62.1 Å². The van der Waals surface area contributed by atoms with E-state index in [-0.39, 0.29) is 22.7 Å². The maximum Gasteiger partial charge on any atom is 0.435 e. The monoisotopic (exact) mass is 481 g/mol. The first-order valence-electron chi connectivity index (χ1n) is 7.49. The van der Waals surface area contributed by atoms with Crippen LogP contribution in [0.1, 0.15) is 21.5 Å². The highest BCUT2D eigenvalue weighted by Crippen LogP contribution is 2.54. The van der Waals surface area contributed by atoms with Gasteiger partial charge in [0.1, 0.15) is 0 Å². The highest BCUT2D eigenvalue weighted by atomic mass is 35.5. The third-order valence-corrected chi connectivity index (χ3v) is 4.90. The third-order valence-electron chi connectivity index (χ3n) is 3.89. The molecule has 0 saturated heterocycles. The van der Waals surface area contributed by atoms with Gasteiger partial charge in [-0.25, -0.2) is 4.39 Å². The number of halogens is 10. The average molecular weight is 483 g/mol. The minimum atomic E-state index is -6.33. The molecule has 0 fully saturated rings. The molecule has 0 aliphatic rings. The van der Waals surface area contributed by atoms with Gasteiger partial charge in [-0.05, 0) is 36.8 Å². The lowest BCUT2D eigenvalue weighted by Crippen LogP contribution is -2.50. The number of alkyl halides is 7. The van der Waals surface area contributed by atoms with Gasteiger partial charge in [-0.1, -0.05) is 40.9 Å². The molecule has 0 aliphatic carbocycles. The van der Waals surface area contributed by atoms with Crippen molar-refractivity contribution in [3.8, 4) is 0 Å². The number of anilines is 1. The standard InChI is InChI=1S/C17H9Cl3F7NO/c1-7-2-3-8(4-10(7)18)14(29)28-13-11(19)5-9(6-12(13)20)15(21,16(22,23)24)17(25,26)27/h2-6H,1H3,(H,28,29). The molecule has 2 rings (SSSR count). The van der Waals surface area contributed by atoms with E-state index in [9.17, 15) is 35.5 Å². The Kier molecular flexibility index (Phi) is 6.38. The van der Waals surface area contributed by atoms with Gasteiger partial charge in [-0.2, -0.15) is 26.3 Å². The molecule has 2 aromatic rings. The van der Waals surface area contributed by atoms with Crippen LogP contribution in [0, 0.1) is 6.92 Å². The van der Waals surface area contributed by atoms with Gasteiger partial charge < -0.3 is 5.32 Å². The fourth-order valence-electron chi connectivity index (χ4n) is 2.30. The lowest BCUT2D eigenvalue weighted by Gasteiger charge is -2.30.